The van der Waals surface area contributed by atoms with E-state index in [2.05, 4.69) is 4.74 Å². The average Bonchev–Trinajstić information content (AvgIpc) is 2.62. The summed E-state index contributed by atoms with van der Waals surface area (Å²) in [5.74, 6) is -2.41. The van der Waals surface area contributed by atoms with E-state index in [1.165, 1.54) is 19.2 Å². The number of methoxy groups -OCH3 is 1. The number of carboxylic acid groups (broad SMARTS) is 1. The normalized spacial score (nSPS) is 11.6. The molecule has 1 atom stereocenters. The molecule has 2 aromatic rings. The molecule has 0 spiro atoms. The van der Waals surface area contributed by atoms with Crippen molar-refractivity contribution in [1.82, 2.24) is 0 Å². The average molecular weight is 345 g/mol. The second-order valence-corrected chi connectivity index (χ2v) is 5.69. The molecule has 2 aromatic carbocycles. The van der Waals surface area contributed by atoms with Crippen LogP contribution in [0.15, 0.2) is 48.5 Å². The standard InChI is InChI=1S/C19H20FNO4/c1-21(16-9-7-15(20)8-10-16)12-11-17(18(22)23)13-3-5-14(6-4-13)19(24)25-2/h3-10,17H,11-12H2,1-2H3,(H,22,23). The van der Waals surface area contributed by atoms with Crippen molar-refractivity contribution >= 4 is 17.6 Å². The van der Waals surface area contributed by atoms with Gasteiger partial charge >= 0.3 is 11.9 Å². The monoisotopic (exact) mass is 345 g/mol. The van der Waals surface area contributed by atoms with E-state index in [0.29, 0.717) is 24.1 Å². The molecule has 5 nitrogen and oxygen atoms in total. The van der Waals surface area contributed by atoms with Gasteiger partial charge in [-0.15, -0.1) is 0 Å². The maximum Gasteiger partial charge on any atom is 0.337 e. The first kappa shape index (κ1) is 18.4. The number of hydrogen-bond acceptors (Lipinski definition) is 4. The SMILES string of the molecule is COC(=O)c1ccc(C(CCN(C)c2ccc(F)cc2)C(=O)O)cc1. The molecule has 0 aliphatic carbocycles. The Bertz CT molecular complexity index is 728. The number of ether oxygens (including phenoxy) is 1. The fraction of sp³-hybridized carbons (Fsp3) is 0.263. The molecule has 0 bridgehead atoms. The zero-order chi connectivity index (χ0) is 18.4. The van der Waals surface area contributed by atoms with Crippen molar-refractivity contribution in [2.24, 2.45) is 0 Å². The third kappa shape index (κ3) is 4.79. The van der Waals surface area contributed by atoms with Crippen LogP contribution in [0.5, 0.6) is 0 Å². The maximum absolute atomic E-state index is 13.0. The van der Waals surface area contributed by atoms with Crippen LogP contribution in [0.2, 0.25) is 0 Å². The Labute approximate surface area is 145 Å². The van der Waals surface area contributed by atoms with Crippen LogP contribution < -0.4 is 4.90 Å². The second kappa shape index (κ2) is 8.28. The second-order valence-electron chi connectivity index (χ2n) is 5.69. The molecule has 2 rings (SSSR count). The molecule has 0 saturated carbocycles. The zero-order valence-electron chi connectivity index (χ0n) is 14.1. The van der Waals surface area contributed by atoms with Crippen LogP contribution in [-0.4, -0.2) is 37.7 Å². The number of rotatable bonds is 7. The number of carboxylic acids is 1. The highest BCUT2D eigenvalue weighted by molar-refractivity contribution is 5.89. The first-order chi connectivity index (χ1) is 11.9. The van der Waals surface area contributed by atoms with Gasteiger partial charge in [0.1, 0.15) is 5.82 Å². The summed E-state index contributed by atoms with van der Waals surface area (Å²) in [6, 6.07) is 12.4. The number of halogens is 1. The smallest absolute Gasteiger partial charge is 0.337 e. The van der Waals surface area contributed by atoms with Crippen LogP contribution in [-0.2, 0) is 9.53 Å². The minimum atomic E-state index is -0.932. The first-order valence-corrected chi connectivity index (χ1v) is 7.80. The first-order valence-electron chi connectivity index (χ1n) is 7.80. The zero-order valence-corrected chi connectivity index (χ0v) is 14.1. The summed E-state index contributed by atoms with van der Waals surface area (Å²) in [7, 11) is 3.12. The number of nitrogens with zero attached hydrogens (tertiary/aromatic N) is 1. The molecule has 0 saturated heterocycles. The van der Waals surface area contributed by atoms with Gasteiger partial charge in [0.05, 0.1) is 18.6 Å². The lowest BCUT2D eigenvalue weighted by Gasteiger charge is -2.22. The van der Waals surface area contributed by atoms with Crippen LogP contribution in [0.1, 0.15) is 28.3 Å². The molecular weight excluding hydrogens is 325 g/mol. The Morgan fingerprint density at radius 3 is 2.24 bits per heavy atom. The molecular formula is C19H20FNO4. The Morgan fingerprint density at radius 1 is 1.12 bits per heavy atom. The minimum absolute atomic E-state index is 0.314. The molecule has 1 N–H and O–H groups in total. The summed E-state index contributed by atoms with van der Waals surface area (Å²) in [6.07, 6.45) is 0.376. The molecule has 25 heavy (non-hydrogen) atoms. The number of carbonyl (C=O) groups is 2. The van der Waals surface area contributed by atoms with Gasteiger partial charge in [0.2, 0.25) is 0 Å². The molecule has 0 aromatic heterocycles. The van der Waals surface area contributed by atoms with Gasteiger partial charge in [-0.25, -0.2) is 9.18 Å². The van der Waals surface area contributed by atoms with Gasteiger partial charge in [0.15, 0.2) is 0 Å². The van der Waals surface area contributed by atoms with Gasteiger partial charge < -0.3 is 14.7 Å². The number of aliphatic carboxylic acids is 1. The third-order valence-electron chi connectivity index (χ3n) is 4.05. The number of carbonyl (C=O) groups excluding carboxylic acids is 1. The Morgan fingerprint density at radius 2 is 1.72 bits per heavy atom. The molecule has 0 heterocycles. The van der Waals surface area contributed by atoms with Crippen LogP contribution in [0, 0.1) is 5.82 Å². The van der Waals surface area contributed by atoms with E-state index < -0.39 is 17.9 Å². The van der Waals surface area contributed by atoms with E-state index in [9.17, 15) is 19.1 Å². The maximum atomic E-state index is 13.0. The van der Waals surface area contributed by atoms with Crippen molar-refractivity contribution in [3.05, 3.63) is 65.5 Å². The van der Waals surface area contributed by atoms with Gasteiger partial charge in [-0.3, -0.25) is 4.79 Å². The largest absolute Gasteiger partial charge is 0.481 e. The topological polar surface area (TPSA) is 66.8 Å². The molecule has 6 heteroatoms. The molecule has 0 fully saturated rings. The van der Waals surface area contributed by atoms with Gasteiger partial charge in [-0.2, -0.15) is 0 Å². The lowest BCUT2D eigenvalue weighted by molar-refractivity contribution is -0.138. The summed E-state index contributed by atoms with van der Waals surface area (Å²) in [4.78, 5) is 24.9. The van der Waals surface area contributed by atoms with Crippen molar-refractivity contribution in [3.63, 3.8) is 0 Å². The van der Waals surface area contributed by atoms with Crippen LogP contribution in [0.4, 0.5) is 10.1 Å². The highest BCUT2D eigenvalue weighted by atomic mass is 19.1. The summed E-state index contributed by atoms with van der Waals surface area (Å²) < 4.78 is 17.6. The van der Waals surface area contributed by atoms with E-state index in [4.69, 9.17) is 0 Å². The number of esters is 1. The lowest BCUT2D eigenvalue weighted by Crippen LogP contribution is -2.23. The van der Waals surface area contributed by atoms with Crippen LogP contribution in [0.25, 0.3) is 0 Å². The van der Waals surface area contributed by atoms with Crippen molar-refractivity contribution in [3.8, 4) is 0 Å². The fourth-order valence-electron chi connectivity index (χ4n) is 2.55. The Kier molecular flexibility index (Phi) is 6.11. The highest BCUT2D eigenvalue weighted by Crippen LogP contribution is 2.23. The number of anilines is 1. The molecule has 1 unspecified atom stereocenters. The third-order valence-corrected chi connectivity index (χ3v) is 4.05. The molecule has 132 valence electrons. The fourth-order valence-corrected chi connectivity index (χ4v) is 2.55. The van der Waals surface area contributed by atoms with Crippen molar-refractivity contribution in [2.75, 3.05) is 25.6 Å². The summed E-state index contributed by atoms with van der Waals surface area (Å²) >= 11 is 0. The Balaban J connectivity index is 2.06. The Hall–Kier alpha value is -2.89. The lowest BCUT2D eigenvalue weighted by atomic mass is 9.94. The molecule has 0 aliphatic heterocycles. The predicted molar refractivity (Wildman–Crippen MR) is 92.4 cm³/mol. The van der Waals surface area contributed by atoms with Gasteiger partial charge in [0, 0.05) is 19.3 Å². The molecule has 0 amide bonds. The number of hydrogen-bond donors (Lipinski definition) is 1. The molecule has 0 aliphatic rings. The summed E-state index contributed by atoms with van der Waals surface area (Å²) in [5.41, 5.74) is 1.80. The molecule has 0 radical (unpaired) electrons. The van der Waals surface area contributed by atoms with Crippen molar-refractivity contribution in [2.45, 2.75) is 12.3 Å². The number of benzene rings is 2. The van der Waals surface area contributed by atoms with Gasteiger partial charge in [-0.1, -0.05) is 12.1 Å². The van der Waals surface area contributed by atoms with Crippen molar-refractivity contribution in [1.29, 1.82) is 0 Å². The van der Waals surface area contributed by atoms with E-state index in [1.807, 2.05) is 11.9 Å². The van der Waals surface area contributed by atoms with E-state index >= 15 is 0 Å². The van der Waals surface area contributed by atoms with Gasteiger partial charge in [-0.05, 0) is 48.4 Å². The van der Waals surface area contributed by atoms with E-state index in [-0.39, 0.29) is 5.82 Å². The van der Waals surface area contributed by atoms with E-state index in [1.54, 1.807) is 36.4 Å². The quantitative estimate of drug-likeness (QED) is 0.780. The van der Waals surface area contributed by atoms with Crippen LogP contribution >= 0.6 is 0 Å². The van der Waals surface area contributed by atoms with Crippen LogP contribution in [0.3, 0.4) is 0 Å². The van der Waals surface area contributed by atoms with Gasteiger partial charge in [0.25, 0.3) is 0 Å². The highest BCUT2D eigenvalue weighted by Gasteiger charge is 2.21. The minimum Gasteiger partial charge on any atom is -0.481 e. The summed E-state index contributed by atoms with van der Waals surface area (Å²) in [6.45, 7) is 0.487. The van der Waals surface area contributed by atoms with Crippen molar-refractivity contribution < 1.29 is 23.8 Å². The predicted octanol–water partition coefficient (Wildman–Crippen LogP) is 3.31. The van der Waals surface area contributed by atoms with E-state index in [0.717, 1.165) is 5.69 Å². The summed E-state index contributed by atoms with van der Waals surface area (Å²) in [5, 5.41) is 9.51.